The van der Waals surface area contributed by atoms with E-state index in [4.69, 9.17) is 0 Å². The van der Waals surface area contributed by atoms with Crippen LogP contribution >= 0.6 is 0 Å². The minimum absolute atomic E-state index is 0.477. The summed E-state index contributed by atoms with van der Waals surface area (Å²) in [6.45, 7) is 7.10. The van der Waals surface area contributed by atoms with Crippen molar-refractivity contribution in [3.8, 4) is 0 Å². The molecule has 17 heavy (non-hydrogen) atoms. The average molecular weight is 231 g/mol. The van der Waals surface area contributed by atoms with E-state index in [0.717, 1.165) is 6.42 Å². The first-order chi connectivity index (χ1) is 8.08. The Morgan fingerprint density at radius 2 is 2.00 bits per heavy atom. The summed E-state index contributed by atoms with van der Waals surface area (Å²) in [4.78, 5) is 0. The van der Waals surface area contributed by atoms with Crippen LogP contribution in [0.2, 0.25) is 0 Å². The maximum absolute atomic E-state index is 3.82. The van der Waals surface area contributed by atoms with Crippen molar-refractivity contribution < 1.29 is 0 Å². The Hall–Kier alpha value is -0.820. The van der Waals surface area contributed by atoms with E-state index in [1.165, 1.54) is 24.8 Å². The molecule has 1 saturated carbocycles. The van der Waals surface area contributed by atoms with Gasteiger partial charge in [0.15, 0.2) is 0 Å². The van der Waals surface area contributed by atoms with Gasteiger partial charge in [-0.1, -0.05) is 50.6 Å². The van der Waals surface area contributed by atoms with Crippen LogP contribution in [0.15, 0.2) is 30.3 Å². The SMILES string of the molecule is CC(Cc1ccccc1)NC1CCCC1(C)C. The molecule has 1 N–H and O–H groups in total. The van der Waals surface area contributed by atoms with Crippen LogP contribution in [0.25, 0.3) is 0 Å². The summed E-state index contributed by atoms with van der Waals surface area (Å²) in [5.74, 6) is 0. The third kappa shape index (κ3) is 3.32. The van der Waals surface area contributed by atoms with Gasteiger partial charge in [0.2, 0.25) is 0 Å². The van der Waals surface area contributed by atoms with E-state index in [0.29, 0.717) is 17.5 Å². The number of rotatable bonds is 4. The first-order valence-electron chi connectivity index (χ1n) is 6.88. The van der Waals surface area contributed by atoms with Crippen LogP contribution in [0.3, 0.4) is 0 Å². The number of hydrogen-bond donors (Lipinski definition) is 1. The van der Waals surface area contributed by atoms with Crippen molar-refractivity contribution >= 4 is 0 Å². The molecule has 0 bridgehead atoms. The monoisotopic (exact) mass is 231 g/mol. The Bertz CT molecular complexity index is 342. The van der Waals surface area contributed by atoms with Gasteiger partial charge in [-0.05, 0) is 37.2 Å². The maximum atomic E-state index is 3.82. The van der Waals surface area contributed by atoms with E-state index < -0.39 is 0 Å². The predicted molar refractivity (Wildman–Crippen MR) is 74.2 cm³/mol. The number of hydrogen-bond acceptors (Lipinski definition) is 1. The lowest BCUT2D eigenvalue weighted by molar-refractivity contribution is 0.265. The van der Waals surface area contributed by atoms with Gasteiger partial charge in [0.25, 0.3) is 0 Å². The Balaban J connectivity index is 1.87. The molecule has 1 aliphatic rings. The van der Waals surface area contributed by atoms with Crippen molar-refractivity contribution in [3.05, 3.63) is 35.9 Å². The molecule has 1 nitrogen and oxygen atoms in total. The second-order valence-electron chi connectivity index (χ2n) is 6.19. The van der Waals surface area contributed by atoms with Crippen molar-refractivity contribution in [2.75, 3.05) is 0 Å². The van der Waals surface area contributed by atoms with Gasteiger partial charge < -0.3 is 5.32 Å². The van der Waals surface area contributed by atoms with Gasteiger partial charge in [0, 0.05) is 12.1 Å². The van der Waals surface area contributed by atoms with Crippen LogP contribution in [0.4, 0.5) is 0 Å². The molecule has 0 aliphatic heterocycles. The van der Waals surface area contributed by atoms with Gasteiger partial charge in [0.1, 0.15) is 0 Å². The molecule has 2 unspecified atom stereocenters. The standard InChI is InChI=1S/C16H25N/c1-13(12-14-8-5-4-6-9-14)17-15-10-7-11-16(15,2)3/h4-6,8-9,13,15,17H,7,10-12H2,1-3H3. The highest BCUT2D eigenvalue weighted by Gasteiger charge is 2.34. The topological polar surface area (TPSA) is 12.0 Å². The van der Waals surface area contributed by atoms with E-state index in [1.54, 1.807) is 0 Å². The van der Waals surface area contributed by atoms with Gasteiger partial charge in [-0.3, -0.25) is 0 Å². The average Bonchev–Trinajstić information content (AvgIpc) is 2.59. The van der Waals surface area contributed by atoms with Crippen molar-refractivity contribution in [3.63, 3.8) is 0 Å². The van der Waals surface area contributed by atoms with Crippen LogP contribution in [-0.4, -0.2) is 12.1 Å². The van der Waals surface area contributed by atoms with Crippen LogP contribution in [0.5, 0.6) is 0 Å². The molecule has 1 aliphatic carbocycles. The minimum Gasteiger partial charge on any atom is -0.311 e. The summed E-state index contributed by atoms with van der Waals surface area (Å²) in [5, 5.41) is 3.82. The molecule has 1 aromatic rings. The highest BCUT2D eigenvalue weighted by molar-refractivity contribution is 5.15. The summed E-state index contributed by atoms with van der Waals surface area (Å²) in [7, 11) is 0. The molecule has 0 saturated heterocycles. The Labute approximate surface area is 106 Å². The zero-order valence-electron chi connectivity index (χ0n) is 11.4. The molecular weight excluding hydrogens is 206 g/mol. The Morgan fingerprint density at radius 3 is 2.59 bits per heavy atom. The summed E-state index contributed by atoms with van der Waals surface area (Å²) in [6, 6.07) is 12.0. The van der Waals surface area contributed by atoms with Crippen molar-refractivity contribution in [1.82, 2.24) is 5.32 Å². The van der Waals surface area contributed by atoms with E-state index >= 15 is 0 Å². The fraction of sp³-hybridized carbons (Fsp3) is 0.625. The predicted octanol–water partition coefficient (Wildman–Crippen LogP) is 3.79. The van der Waals surface area contributed by atoms with Gasteiger partial charge in [-0.25, -0.2) is 0 Å². The first-order valence-corrected chi connectivity index (χ1v) is 6.88. The van der Waals surface area contributed by atoms with Crippen molar-refractivity contribution in [1.29, 1.82) is 0 Å². The highest BCUT2D eigenvalue weighted by atomic mass is 15.0. The van der Waals surface area contributed by atoms with Gasteiger partial charge in [-0.2, -0.15) is 0 Å². The third-order valence-corrected chi connectivity index (χ3v) is 4.13. The fourth-order valence-corrected chi connectivity index (χ4v) is 3.01. The number of benzene rings is 1. The maximum Gasteiger partial charge on any atom is 0.0121 e. The summed E-state index contributed by atoms with van der Waals surface area (Å²) in [5.41, 5.74) is 1.91. The fourth-order valence-electron chi connectivity index (χ4n) is 3.01. The zero-order chi connectivity index (χ0) is 12.3. The molecule has 2 rings (SSSR count). The van der Waals surface area contributed by atoms with E-state index in [-0.39, 0.29) is 0 Å². The summed E-state index contributed by atoms with van der Waals surface area (Å²) < 4.78 is 0. The zero-order valence-corrected chi connectivity index (χ0v) is 11.4. The lowest BCUT2D eigenvalue weighted by atomic mass is 9.87. The van der Waals surface area contributed by atoms with Crippen molar-refractivity contribution in [2.45, 2.75) is 58.5 Å². The smallest absolute Gasteiger partial charge is 0.0121 e. The second-order valence-corrected chi connectivity index (χ2v) is 6.19. The molecule has 0 radical (unpaired) electrons. The largest absolute Gasteiger partial charge is 0.311 e. The molecule has 0 spiro atoms. The molecule has 1 heteroatoms. The van der Waals surface area contributed by atoms with E-state index in [1.807, 2.05) is 0 Å². The van der Waals surface area contributed by atoms with Crippen LogP contribution in [0.1, 0.15) is 45.6 Å². The molecule has 1 fully saturated rings. The molecular formula is C16H25N. The quantitative estimate of drug-likeness (QED) is 0.831. The molecule has 0 heterocycles. The molecule has 0 aromatic heterocycles. The summed E-state index contributed by atoms with van der Waals surface area (Å²) >= 11 is 0. The first kappa shape index (κ1) is 12.6. The third-order valence-electron chi connectivity index (χ3n) is 4.13. The summed E-state index contributed by atoms with van der Waals surface area (Å²) in [6.07, 6.45) is 5.21. The Kier molecular flexibility index (Phi) is 3.88. The Morgan fingerprint density at radius 1 is 1.29 bits per heavy atom. The second kappa shape index (κ2) is 5.22. The van der Waals surface area contributed by atoms with E-state index in [2.05, 4.69) is 56.4 Å². The minimum atomic E-state index is 0.477. The van der Waals surface area contributed by atoms with Crippen LogP contribution in [0, 0.1) is 5.41 Å². The van der Waals surface area contributed by atoms with E-state index in [9.17, 15) is 0 Å². The van der Waals surface area contributed by atoms with Crippen LogP contribution < -0.4 is 5.32 Å². The molecule has 94 valence electrons. The number of nitrogens with one attached hydrogen (secondary N) is 1. The van der Waals surface area contributed by atoms with Gasteiger partial charge in [0.05, 0.1) is 0 Å². The molecule has 2 atom stereocenters. The van der Waals surface area contributed by atoms with Gasteiger partial charge >= 0.3 is 0 Å². The highest BCUT2D eigenvalue weighted by Crippen LogP contribution is 2.37. The van der Waals surface area contributed by atoms with Crippen LogP contribution in [-0.2, 0) is 6.42 Å². The molecule has 0 amide bonds. The normalized spacial score (nSPS) is 24.8. The lowest BCUT2D eigenvalue weighted by Gasteiger charge is -2.31. The lowest BCUT2D eigenvalue weighted by Crippen LogP contribution is -2.43. The van der Waals surface area contributed by atoms with Crippen molar-refractivity contribution in [2.24, 2.45) is 5.41 Å². The molecule has 1 aromatic carbocycles. The van der Waals surface area contributed by atoms with Gasteiger partial charge in [-0.15, -0.1) is 0 Å².